The van der Waals surface area contributed by atoms with Crippen molar-refractivity contribution in [2.75, 3.05) is 25.8 Å². The number of fused-ring (bicyclic) bond motifs is 7. The molecule has 1 aromatic rings. The highest BCUT2D eigenvalue weighted by Gasteiger charge is 2.62. The lowest BCUT2D eigenvalue weighted by Crippen LogP contribution is -2.61. The lowest BCUT2D eigenvalue weighted by Gasteiger charge is -2.61. The maximum Gasteiger partial charge on any atom is 0.222 e. The molecule has 0 aromatic heterocycles. The number of carbonyl (C=O) groups is 1. The Morgan fingerprint density at radius 1 is 1.06 bits per heavy atom. The summed E-state index contributed by atoms with van der Waals surface area (Å²) in [6, 6.07) is 8.60. The molecular formula is C28H38N2O3. The fourth-order valence-electron chi connectivity index (χ4n) is 8.75. The monoisotopic (exact) mass is 450 g/mol. The molecule has 178 valence electrons. The molecule has 0 N–H and O–H groups in total. The minimum Gasteiger partial charge on any atom is -0.497 e. The van der Waals surface area contributed by atoms with Gasteiger partial charge < -0.3 is 9.64 Å². The summed E-state index contributed by atoms with van der Waals surface area (Å²) in [5.74, 6) is 3.38. The van der Waals surface area contributed by atoms with E-state index >= 15 is 0 Å². The molecule has 33 heavy (non-hydrogen) atoms. The van der Waals surface area contributed by atoms with Crippen LogP contribution in [0, 0.1) is 28.6 Å². The second kappa shape index (κ2) is 7.49. The summed E-state index contributed by atoms with van der Waals surface area (Å²) in [6.07, 6.45) is 10.6. The van der Waals surface area contributed by atoms with E-state index in [1.165, 1.54) is 19.3 Å². The number of ether oxygens (including phenoxy) is 1. The largest absolute Gasteiger partial charge is 0.497 e. The van der Waals surface area contributed by atoms with E-state index in [0.717, 1.165) is 55.5 Å². The van der Waals surface area contributed by atoms with E-state index in [1.54, 1.807) is 12.7 Å². The van der Waals surface area contributed by atoms with E-state index in [1.807, 2.05) is 19.2 Å². The van der Waals surface area contributed by atoms with Crippen molar-refractivity contribution in [3.05, 3.63) is 35.9 Å². The first-order valence-electron chi connectivity index (χ1n) is 12.9. The number of piperidine rings is 1. The van der Waals surface area contributed by atoms with E-state index in [0.29, 0.717) is 17.9 Å². The molecule has 2 heterocycles. The van der Waals surface area contributed by atoms with Crippen LogP contribution < -0.4 is 9.80 Å². The summed E-state index contributed by atoms with van der Waals surface area (Å²) >= 11 is 0. The van der Waals surface area contributed by atoms with E-state index in [4.69, 9.17) is 9.57 Å². The third-order valence-corrected chi connectivity index (χ3v) is 10.5. The molecule has 3 aliphatic carbocycles. The Morgan fingerprint density at radius 2 is 1.85 bits per heavy atom. The van der Waals surface area contributed by atoms with Gasteiger partial charge in [-0.1, -0.05) is 19.9 Å². The van der Waals surface area contributed by atoms with Crippen molar-refractivity contribution in [1.82, 2.24) is 4.90 Å². The lowest BCUT2D eigenvalue weighted by molar-refractivity contribution is -0.156. The van der Waals surface area contributed by atoms with Crippen molar-refractivity contribution in [3.8, 4) is 5.75 Å². The number of nitrogens with zero attached hydrogens (tertiary/aromatic N) is 2. The van der Waals surface area contributed by atoms with Gasteiger partial charge in [-0.25, -0.2) is 5.06 Å². The van der Waals surface area contributed by atoms with Gasteiger partial charge in [0.1, 0.15) is 11.9 Å². The number of methoxy groups -OCH3 is 1. The van der Waals surface area contributed by atoms with Crippen LogP contribution in [0.2, 0.25) is 0 Å². The average molecular weight is 451 g/mol. The maximum absolute atomic E-state index is 12.4. The molecule has 1 unspecified atom stereocenters. The van der Waals surface area contributed by atoms with Gasteiger partial charge in [0, 0.05) is 19.5 Å². The summed E-state index contributed by atoms with van der Waals surface area (Å²) in [7, 11) is 3.75. The molecule has 4 fully saturated rings. The number of anilines is 1. The number of carbonyl (C=O) groups excluding carboxylic acids is 1. The number of hydroxylamine groups is 1. The van der Waals surface area contributed by atoms with Crippen LogP contribution in [0.15, 0.2) is 35.9 Å². The summed E-state index contributed by atoms with van der Waals surface area (Å²) in [6.45, 7) is 5.83. The number of amides is 1. The van der Waals surface area contributed by atoms with Gasteiger partial charge in [-0.05, 0) is 96.9 Å². The smallest absolute Gasteiger partial charge is 0.222 e. The zero-order valence-electron chi connectivity index (χ0n) is 20.5. The summed E-state index contributed by atoms with van der Waals surface area (Å²) in [4.78, 5) is 21.2. The maximum atomic E-state index is 12.4. The van der Waals surface area contributed by atoms with Crippen LogP contribution in [0.25, 0.3) is 0 Å². The van der Waals surface area contributed by atoms with Gasteiger partial charge in [0.15, 0.2) is 0 Å². The Labute approximate surface area is 198 Å². The highest BCUT2D eigenvalue weighted by molar-refractivity contribution is 5.77. The van der Waals surface area contributed by atoms with Gasteiger partial charge in [-0.3, -0.25) is 9.63 Å². The molecule has 1 saturated heterocycles. The highest BCUT2D eigenvalue weighted by atomic mass is 16.7. The Morgan fingerprint density at radius 3 is 2.61 bits per heavy atom. The molecule has 1 aromatic carbocycles. The van der Waals surface area contributed by atoms with Crippen LogP contribution in [-0.2, 0) is 9.63 Å². The van der Waals surface area contributed by atoms with E-state index in [9.17, 15) is 4.79 Å². The summed E-state index contributed by atoms with van der Waals surface area (Å²) in [5, 5.41) is 2.06. The Hall–Kier alpha value is -2.01. The van der Waals surface area contributed by atoms with Crippen molar-refractivity contribution in [2.45, 2.75) is 70.9 Å². The quantitative estimate of drug-likeness (QED) is 0.580. The summed E-state index contributed by atoms with van der Waals surface area (Å²) < 4.78 is 5.32. The van der Waals surface area contributed by atoms with E-state index < -0.39 is 0 Å². The second-order valence-electron chi connectivity index (χ2n) is 11.7. The fourth-order valence-corrected chi connectivity index (χ4v) is 8.75. The number of hydrogen-bond donors (Lipinski definition) is 0. The predicted octanol–water partition coefficient (Wildman–Crippen LogP) is 5.22. The normalized spacial score (nSPS) is 42.1. The minimum absolute atomic E-state index is 0.190. The van der Waals surface area contributed by atoms with E-state index in [-0.39, 0.29) is 16.9 Å². The average Bonchev–Trinajstić information content (AvgIpc) is 3.14. The molecule has 0 spiro atoms. The van der Waals surface area contributed by atoms with Crippen LogP contribution in [0.1, 0.15) is 58.8 Å². The molecule has 5 heteroatoms. The summed E-state index contributed by atoms with van der Waals surface area (Å²) in [5.41, 5.74) is 3.17. The van der Waals surface area contributed by atoms with Crippen LogP contribution in [-0.4, -0.2) is 43.7 Å². The van der Waals surface area contributed by atoms with Crippen molar-refractivity contribution in [1.29, 1.82) is 0 Å². The van der Waals surface area contributed by atoms with Gasteiger partial charge >= 0.3 is 0 Å². The zero-order valence-corrected chi connectivity index (χ0v) is 20.5. The highest BCUT2D eigenvalue weighted by Crippen LogP contribution is 2.66. The van der Waals surface area contributed by atoms with Crippen LogP contribution >= 0.6 is 0 Å². The first-order valence-corrected chi connectivity index (χ1v) is 12.9. The third kappa shape index (κ3) is 3.03. The SMILES string of the molecule is COc1ccc(N2CC=C3[C@H](C[C@H]4[C@@H]5CCC6N(C)C(=O)CC[C@]6(C)[C@H]5CC[C@]34C)O2)cc1. The van der Waals surface area contributed by atoms with Gasteiger partial charge in [0.2, 0.25) is 5.91 Å². The molecule has 1 amide bonds. The molecule has 3 saturated carbocycles. The second-order valence-corrected chi connectivity index (χ2v) is 11.7. The first-order chi connectivity index (χ1) is 15.8. The van der Waals surface area contributed by atoms with Crippen LogP contribution in [0.3, 0.4) is 0 Å². The number of hydrogen-bond acceptors (Lipinski definition) is 4. The van der Waals surface area contributed by atoms with Crippen LogP contribution in [0.5, 0.6) is 5.75 Å². The molecule has 0 radical (unpaired) electrons. The Bertz CT molecular complexity index is 974. The molecule has 6 rings (SSSR count). The van der Waals surface area contributed by atoms with Crippen molar-refractivity contribution >= 4 is 11.6 Å². The predicted molar refractivity (Wildman–Crippen MR) is 129 cm³/mol. The topological polar surface area (TPSA) is 42.0 Å². The number of likely N-dealkylation sites (tertiary alicyclic amines) is 1. The zero-order chi connectivity index (χ0) is 23.0. The first kappa shape index (κ1) is 21.5. The molecule has 0 bridgehead atoms. The molecule has 7 atom stereocenters. The molecule has 5 aliphatic rings. The number of benzene rings is 1. The minimum atomic E-state index is 0.190. The van der Waals surface area contributed by atoms with Gasteiger partial charge in [0.05, 0.1) is 19.3 Å². The van der Waals surface area contributed by atoms with Crippen LogP contribution in [0.4, 0.5) is 5.69 Å². The van der Waals surface area contributed by atoms with Gasteiger partial charge in [-0.15, -0.1) is 0 Å². The Kier molecular flexibility index (Phi) is 4.89. The Balaban J connectivity index is 1.25. The molecular weight excluding hydrogens is 412 g/mol. The van der Waals surface area contributed by atoms with Gasteiger partial charge in [-0.2, -0.15) is 0 Å². The standard InChI is InChI=1S/C28H38N2O3/c1-27-14-11-21-20(9-10-25-28(21,2)15-12-26(31)29(25)3)23(27)17-24-22(27)13-16-30(33-24)18-5-7-19(32-4)8-6-18/h5-8,13,20-21,23-25H,9-12,14-17H2,1-4H3/t20-,21+,23+,24+,25?,27-,28-/m1/s1. The number of rotatable bonds is 2. The van der Waals surface area contributed by atoms with Crippen molar-refractivity contribution in [3.63, 3.8) is 0 Å². The van der Waals surface area contributed by atoms with E-state index in [2.05, 4.69) is 42.0 Å². The lowest BCUT2D eigenvalue weighted by atomic mass is 9.47. The molecule has 5 nitrogen and oxygen atoms in total. The van der Waals surface area contributed by atoms with Gasteiger partial charge in [0.25, 0.3) is 0 Å². The fraction of sp³-hybridized carbons (Fsp3) is 0.679. The molecule has 2 aliphatic heterocycles. The van der Waals surface area contributed by atoms with Crippen molar-refractivity contribution in [2.24, 2.45) is 28.6 Å². The van der Waals surface area contributed by atoms with Crippen molar-refractivity contribution < 1.29 is 14.4 Å². The third-order valence-electron chi connectivity index (χ3n) is 10.5.